The van der Waals surface area contributed by atoms with Crippen molar-refractivity contribution in [2.45, 2.75) is 0 Å². The number of hydrogen-bond donors (Lipinski definition) is 3. The van der Waals surface area contributed by atoms with Crippen LogP contribution in [0.15, 0.2) is 94.5 Å². The van der Waals surface area contributed by atoms with Crippen LogP contribution in [0.5, 0.6) is 5.75 Å². The number of carbonyl (C=O) groups is 1. The van der Waals surface area contributed by atoms with E-state index < -0.39 is 0 Å². The molecule has 4 rings (SSSR count). The second kappa shape index (κ2) is 9.19. The maximum absolute atomic E-state index is 12.1. The number of benzene rings is 3. The predicted octanol–water partition coefficient (Wildman–Crippen LogP) is 6.39. The molecule has 0 aliphatic heterocycles. The topological polar surface area (TPSA) is 86.9 Å². The zero-order valence-corrected chi connectivity index (χ0v) is 17.0. The normalized spacial score (nSPS) is 10.9. The number of anilines is 3. The van der Waals surface area contributed by atoms with Gasteiger partial charge in [0, 0.05) is 23.2 Å². The zero-order chi connectivity index (χ0) is 21.6. The molecule has 6 nitrogen and oxygen atoms in total. The summed E-state index contributed by atoms with van der Waals surface area (Å²) >= 11 is 6.20. The van der Waals surface area contributed by atoms with Gasteiger partial charge in [-0.15, -0.1) is 0 Å². The average Bonchev–Trinajstić information content (AvgIpc) is 3.31. The maximum Gasteiger partial charge on any atom is 0.291 e. The van der Waals surface area contributed by atoms with Crippen molar-refractivity contribution in [3.63, 3.8) is 0 Å². The fraction of sp³-hybridized carbons (Fsp3) is 0. The Labute approximate surface area is 183 Å². The number of furan rings is 1. The van der Waals surface area contributed by atoms with E-state index in [1.54, 1.807) is 66.9 Å². The van der Waals surface area contributed by atoms with Crippen molar-refractivity contribution < 1.29 is 14.3 Å². The van der Waals surface area contributed by atoms with Crippen LogP contribution < -0.4 is 10.6 Å². The number of nitrogens with zero attached hydrogens (tertiary/aromatic N) is 1. The summed E-state index contributed by atoms with van der Waals surface area (Å²) in [6.45, 7) is 0. The van der Waals surface area contributed by atoms with Gasteiger partial charge in [0.15, 0.2) is 5.76 Å². The van der Waals surface area contributed by atoms with Gasteiger partial charge in [0.25, 0.3) is 5.91 Å². The van der Waals surface area contributed by atoms with Gasteiger partial charge in [0.2, 0.25) is 0 Å². The number of para-hydroxylation sites is 1. The summed E-state index contributed by atoms with van der Waals surface area (Å²) < 4.78 is 5.09. The highest BCUT2D eigenvalue weighted by Crippen LogP contribution is 2.28. The lowest BCUT2D eigenvalue weighted by atomic mass is 10.2. The summed E-state index contributed by atoms with van der Waals surface area (Å²) in [6.07, 6.45) is 3.00. The standard InChI is InChI=1S/C24H18ClN3O3/c25-20-7-1-2-8-21(20)27-19-10-11-22(29)16(13-19)15-26-17-5-3-6-18(14-17)28-24(30)23-9-4-12-31-23/h1-15,27,29H,(H,28,30). The van der Waals surface area contributed by atoms with Gasteiger partial charge in [-0.3, -0.25) is 9.79 Å². The molecule has 4 aromatic rings. The molecule has 0 saturated carbocycles. The van der Waals surface area contributed by atoms with E-state index in [1.165, 1.54) is 6.26 Å². The number of hydrogen-bond acceptors (Lipinski definition) is 5. The lowest BCUT2D eigenvalue weighted by molar-refractivity contribution is 0.0996. The minimum Gasteiger partial charge on any atom is -0.507 e. The molecular formula is C24H18ClN3O3. The summed E-state index contributed by atoms with van der Waals surface area (Å²) in [7, 11) is 0. The number of aliphatic imine (C=N–C) groups is 1. The number of carbonyl (C=O) groups excluding carboxylic acids is 1. The average molecular weight is 432 g/mol. The van der Waals surface area contributed by atoms with Gasteiger partial charge >= 0.3 is 0 Å². The van der Waals surface area contributed by atoms with Crippen LogP contribution in [0.2, 0.25) is 5.02 Å². The molecule has 0 aliphatic rings. The Hall–Kier alpha value is -4.03. The van der Waals surface area contributed by atoms with Gasteiger partial charge in [0.1, 0.15) is 5.75 Å². The maximum atomic E-state index is 12.1. The fourth-order valence-electron chi connectivity index (χ4n) is 2.86. The highest BCUT2D eigenvalue weighted by atomic mass is 35.5. The second-order valence-corrected chi connectivity index (χ2v) is 7.03. The Kier molecular flexibility index (Phi) is 6.01. The minimum absolute atomic E-state index is 0.0933. The SMILES string of the molecule is O=C(Nc1cccc(N=Cc2cc(Nc3ccccc3Cl)ccc2O)c1)c1ccco1. The van der Waals surface area contributed by atoms with Crippen molar-refractivity contribution in [1.29, 1.82) is 0 Å². The van der Waals surface area contributed by atoms with Crippen molar-refractivity contribution >= 4 is 46.5 Å². The number of rotatable bonds is 6. The Morgan fingerprint density at radius 2 is 1.84 bits per heavy atom. The smallest absolute Gasteiger partial charge is 0.291 e. The highest BCUT2D eigenvalue weighted by Gasteiger charge is 2.09. The van der Waals surface area contributed by atoms with Crippen molar-refractivity contribution in [3.8, 4) is 5.75 Å². The first-order valence-electron chi connectivity index (χ1n) is 9.42. The molecule has 31 heavy (non-hydrogen) atoms. The molecule has 1 aromatic heterocycles. The second-order valence-electron chi connectivity index (χ2n) is 6.62. The van der Waals surface area contributed by atoms with Crippen LogP contribution in [0.25, 0.3) is 0 Å². The number of phenols is 1. The number of halogens is 1. The highest BCUT2D eigenvalue weighted by molar-refractivity contribution is 6.33. The molecule has 1 heterocycles. The molecule has 0 spiro atoms. The van der Waals surface area contributed by atoms with Crippen molar-refractivity contribution in [2.75, 3.05) is 10.6 Å². The number of aromatic hydroxyl groups is 1. The lowest BCUT2D eigenvalue weighted by Gasteiger charge is -2.09. The summed E-state index contributed by atoms with van der Waals surface area (Å²) in [4.78, 5) is 16.5. The molecule has 7 heteroatoms. The van der Waals surface area contributed by atoms with E-state index in [1.807, 2.05) is 18.2 Å². The van der Waals surface area contributed by atoms with Crippen LogP contribution in [-0.4, -0.2) is 17.2 Å². The van der Waals surface area contributed by atoms with Crippen molar-refractivity contribution in [3.05, 3.63) is 101 Å². The van der Waals surface area contributed by atoms with Crippen LogP contribution in [-0.2, 0) is 0 Å². The Bertz CT molecular complexity index is 1240. The van der Waals surface area contributed by atoms with E-state index in [9.17, 15) is 9.90 Å². The fourth-order valence-corrected chi connectivity index (χ4v) is 3.05. The third-order valence-electron chi connectivity index (χ3n) is 4.38. The summed E-state index contributed by atoms with van der Waals surface area (Å²) in [5, 5.41) is 16.8. The molecule has 0 atom stereocenters. The molecule has 3 N–H and O–H groups in total. The zero-order valence-electron chi connectivity index (χ0n) is 16.2. The molecule has 0 bridgehead atoms. The van der Waals surface area contributed by atoms with E-state index in [2.05, 4.69) is 15.6 Å². The van der Waals surface area contributed by atoms with Gasteiger partial charge in [0.05, 0.1) is 22.7 Å². The molecule has 1 amide bonds. The molecule has 0 aliphatic carbocycles. The van der Waals surface area contributed by atoms with E-state index in [-0.39, 0.29) is 17.4 Å². The Morgan fingerprint density at radius 1 is 0.968 bits per heavy atom. The van der Waals surface area contributed by atoms with Crippen molar-refractivity contribution in [1.82, 2.24) is 0 Å². The summed E-state index contributed by atoms with van der Waals surface area (Å²) in [5.41, 5.74) is 3.24. The van der Waals surface area contributed by atoms with Gasteiger partial charge in [-0.05, 0) is 60.7 Å². The third kappa shape index (κ3) is 5.12. The van der Waals surface area contributed by atoms with Gasteiger partial charge < -0.3 is 20.2 Å². The van der Waals surface area contributed by atoms with E-state index >= 15 is 0 Å². The molecule has 0 fully saturated rings. The molecular weight excluding hydrogens is 414 g/mol. The summed E-state index contributed by atoms with van der Waals surface area (Å²) in [5.74, 6) is -0.0282. The monoisotopic (exact) mass is 431 g/mol. The number of phenolic OH excluding ortho intramolecular Hbond substituents is 1. The van der Waals surface area contributed by atoms with E-state index in [0.29, 0.717) is 22.0 Å². The van der Waals surface area contributed by atoms with E-state index in [4.69, 9.17) is 16.0 Å². The number of amides is 1. The minimum atomic E-state index is -0.345. The first-order chi connectivity index (χ1) is 15.1. The van der Waals surface area contributed by atoms with Crippen LogP contribution >= 0.6 is 11.6 Å². The van der Waals surface area contributed by atoms with Crippen LogP contribution in [0.3, 0.4) is 0 Å². The van der Waals surface area contributed by atoms with Gasteiger partial charge in [-0.2, -0.15) is 0 Å². The first kappa shape index (κ1) is 20.3. The largest absolute Gasteiger partial charge is 0.507 e. The molecule has 3 aromatic carbocycles. The number of nitrogens with one attached hydrogen (secondary N) is 2. The molecule has 0 unspecified atom stereocenters. The van der Waals surface area contributed by atoms with Crippen molar-refractivity contribution in [2.24, 2.45) is 4.99 Å². The quantitative estimate of drug-likeness (QED) is 0.244. The molecule has 154 valence electrons. The molecule has 0 radical (unpaired) electrons. The van der Waals surface area contributed by atoms with Crippen LogP contribution in [0.1, 0.15) is 16.1 Å². The van der Waals surface area contributed by atoms with Crippen LogP contribution in [0.4, 0.5) is 22.7 Å². The van der Waals surface area contributed by atoms with Gasteiger partial charge in [-0.25, -0.2) is 0 Å². The first-order valence-corrected chi connectivity index (χ1v) is 9.80. The Balaban J connectivity index is 1.50. The predicted molar refractivity (Wildman–Crippen MR) is 123 cm³/mol. The lowest BCUT2D eigenvalue weighted by Crippen LogP contribution is -2.10. The van der Waals surface area contributed by atoms with Crippen LogP contribution in [0, 0.1) is 0 Å². The summed E-state index contributed by atoms with van der Waals surface area (Å²) in [6, 6.07) is 22.8. The third-order valence-corrected chi connectivity index (χ3v) is 4.71. The Morgan fingerprint density at radius 3 is 2.65 bits per heavy atom. The molecule has 0 saturated heterocycles. The van der Waals surface area contributed by atoms with E-state index in [0.717, 1.165) is 11.4 Å². The van der Waals surface area contributed by atoms with Gasteiger partial charge in [-0.1, -0.05) is 29.8 Å².